The molecule has 1 aliphatic heterocycles. The summed E-state index contributed by atoms with van der Waals surface area (Å²) in [4.78, 5) is 11.9. The third-order valence-corrected chi connectivity index (χ3v) is 3.05. The molecule has 0 aliphatic carbocycles. The van der Waals surface area contributed by atoms with Crippen LogP contribution in [0.3, 0.4) is 0 Å². The highest BCUT2D eigenvalue weighted by atomic mass is 19.1. The smallest absolute Gasteiger partial charge is 0.228 e. The molecule has 1 saturated heterocycles. The third kappa shape index (κ3) is 3.03. The van der Waals surface area contributed by atoms with Gasteiger partial charge in [0.25, 0.3) is 0 Å². The summed E-state index contributed by atoms with van der Waals surface area (Å²) < 4.78 is 13.5. The summed E-state index contributed by atoms with van der Waals surface area (Å²) in [7, 11) is 0. The highest BCUT2D eigenvalue weighted by Crippen LogP contribution is 2.18. The number of anilines is 1. The van der Waals surface area contributed by atoms with E-state index in [0.29, 0.717) is 6.54 Å². The maximum atomic E-state index is 13.5. The highest BCUT2D eigenvalue weighted by Gasteiger charge is 2.21. The van der Waals surface area contributed by atoms with E-state index in [1.807, 2.05) is 6.92 Å². The average molecular weight is 236 g/mol. The molecule has 0 bridgehead atoms. The molecule has 0 saturated carbocycles. The fraction of sp³-hybridized carbons (Fsp3) is 0.462. The largest absolute Gasteiger partial charge is 0.323 e. The SMILES string of the molecule is Cc1ccc(F)c(NC(=O)[C@@H]2CCCNC2)c1. The minimum atomic E-state index is -0.382. The van der Waals surface area contributed by atoms with Gasteiger partial charge in [-0.2, -0.15) is 0 Å². The molecule has 0 radical (unpaired) electrons. The first-order valence-corrected chi connectivity index (χ1v) is 5.94. The summed E-state index contributed by atoms with van der Waals surface area (Å²) in [6.45, 7) is 3.51. The first-order chi connectivity index (χ1) is 8.16. The Balaban J connectivity index is 2.04. The van der Waals surface area contributed by atoms with Crippen LogP contribution < -0.4 is 10.6 Å². The Morgan fingerprint density at radius 1 is 1.53 bits per heavy atom. The van der Waals surface area contributed by atoms with E-state index in [2.05, 4.69) is 10.6 Å². The van der Waals surface area contributed by atoms with E-state index < -0.39 is 0 Å². The van der Waals surface area contributed by atoms with Gasteiger partial charge in [0.15, 0.2) is 0 Å². The predicted molar refractivity (Wildman–Crippen MR) is 65.4 cm³/mol. The molecule has 1 aliphatic rings. The van der Waals surface area contributed by atoms with Crippen LogP contribution in [0.15, 0.2) is 18.2 Å². The summed E-state index contributed by atoms with van der Waals surface area (Å²) in [5, 5.41) is 5.84. The number of nitrogens with one attached hydrogen (secondary N) is 2. The molecule has 1 aromatic rings. The quantitative estimate of drug-likeness (QED) is 0.825. The number of amides is 1. The third-order valence-electron chi connectivity index (χ3n) is 3.05. The van der Waals surface area contributed by atoms with Gasteiger partial charge in [-0.05, 0) is 44.0 Å². The number of aryl methyl sites for hydroxylation is 1. The molecule has 1 atom stereocenters. The minimum absolute atomic E-state index is 0.0522. The van der Waals surface area contributed by atoms with E-state index in [-0.39, 0.29) is 23.3 Å². The molecule has 1 amide bonds. The molecule has 1 fully saturated rings. The lowest BCUT2D eigenvalue weighted by molar-refractivity contribution is -0.120. The molecular weight excluding hydrogens is 219 g/mol. The topological polar surface area (TPSA) is 41.1 Å². The molecule has 2 N–H and O–H groups in total. The van der Waals surface area contributed by atoms with Gasteiger partial charge in [0.2, 0.25) is 5.91 Å². The number of piperidine rings is 1. The number of carbonyl (C=O) groups is 1. The Hall–Kier alpha value is -1.42. The van der Waals surface area contributed by atoms with Crippen molar-refractivity contribution in [3.63, 3.8) is 0 Å². The van der Waals surface area contributed by atoms with E-state index in [0.717, 1.165) is 24.9 Å². The van der Waals surface area contributed by atoms with Gasteiger partial charge >= 0.3 is 0 Å². The van der Waals surface area contributed by atoms with Crippen molar-refractivity contribution >= 4 is 11.6 Å². The fourth-order valence-electron chi connectivity index (χ4n) is 2.05. The number of halogens is 1. The first-order valence-electron chi connectivity index (χ1n) is 5.94. The molecule has 17 heavy (non-hydrogen) atoms. The number of hydrogen-bond donors (Lipinski definition) is 2. The molecular formula is C13H17FN2O. The van der Waals surface area contributed by atoms with Crippen LogP contribution in [0.1, 0.15) is 18.4 Å². The first kappa shape index (κ1) is 12.0. The summed E-state index contributed by atoms with van der Waals surface area (Å²) in [6.07, 6.45) is 1.86. The molecule has 1 aromatic carbocycles. The van der Waals surface area contributed by atoms with E-state index >= 15 is 0 Å². The molecule has 92 valence electrons. The van der Waals surface area contributed by atoms with E-state index in [1.165, 1.54) is 6.07 Å². The Bertz CT molecular complexity index is 414. The standard InChI is InChI=1S/C13H17FN2O/c1-9-4-5-11(14)12(7-9)16-13(17)10-3-2-6-15-8-10/h4-5,7,10,15H,2-3,6,8H2,1H3,(H,16,17)/t10-/m1/s1. The molecule has 2 rings (SSSR count). The van der Waals surface area contributed by atoms with Crippen molar-refractivity contribution in [2.24, 2.45) is 5.92 Å². The lowest BCUT2D eigenvalue weighted by Crippen LogP contribution is -2.37. The van der Waals surface area contributed by atoms with E-state index in [4.69, 9.17) is 0 Å². The van der Waals surface area contributed by atoms with Gasteiger partial charge in [-0.25, -0.2) is 4.39 Å². The Morgan fingerprint density at radius 3 is 3.06 bits per heavy atom. The molecule has 1 heterocycles. The van der Waals surface area contributed by atoms with E-state index in [1.54, 1.807) is 12.1 Å². The lowest BCUT2D eigenvalue weighted by Gasteiger charge is -2.22. The van der Waals surface area contributed by atoms with Crippen LogP contribution in [0.4, 0.5) is 10.1 Å². The molecule has 4 heteroatoms. The van der Waals surface area contributed by atoms with Crippen molar-refractivity contribution in [1.82, 2.24) is 5.32 Å². The van der Waals surface area contributed by atoms with Gasteiger partial charge < -0.3 is 10.6 Å². The molecule has 0 aromatic heterocycles. The molecule has 0 unspecified atom stereocenters. The number of carbonyl (C=O) groups excluding carboxylic acids is 1. The maximum absolute atomic E-state index is 13.5. The van der Waals surface area contributed by atoms with Crippen LogP contribution in [-0.2, 0) is 4.79 Å². The molecule has 3 nitrogen and oxygen atoms in total. The maximum Gasteiger partial charge on any atom is 0.228 e. The zero-order valence-electron chi connectivity index (χ0n) is 9.92. The Kier molecular flexibility index (Phi) is 3.74. The van der Waals surface area contributed by atoms with Gasteiger partial charge in [-0.15, -0.1) is 0 Å². The van der Waals surface area contributed by atoms with Gasteiger partial charge in [-0.3, -0.25) is 4.79 Å². The van der Waals surface area contributed by atoms with Crippen LogP contribution in [0, 0.1) is 18.7 Å². The summed E-state index contributed by atoms with van der Waals surface area (Å²) >= 11 is 0. The second-order valence-electron chi connectivity index (χ2n) is 4.52. The fourth-order valence-corrected chi connectivity index (χ4v) is 2.05. The predicted octanol–water partition coefficient (Wildman–Crippen LogP) is 2.07. The van der Waals surface area contributed by atoms with Gasteiger partial charge in [0, 0.05) is 6.54 Å². The van der Waals surface area contributed by atoms with E-state index in [9.17, 15) is 9.18 Å². The van der Waals surface area contributed by atoms with Crippen LogP contribution in [0.25, 0.3) is 0 Å². The summed E-state index contributed by atoms with van der Waals surface area (Å²) in [6, 6.07) is 4.72. The van der Waals surface area contributed by atoms with Crippen LogP contribution in [0.2, 0.25) is 0 Å². The second-order valence-corrected chi connectivity index (χ2v) is 4.52. The monoisotopic (exact) mass is 236 g/mol. The van der Waals surface area contributed by atoms with Crippen molar-refractivity contribution in [3.05, 3.63) is 29.6 Å². The van der Waals surface area contributed by atoms with Crippen molar-refractivity contribution in [2.45, 2.75) is 19.8 Å². The van der Waals surface area contributed by atoms with Crippen molar-refractivity contribution in [1.29, 1.82) is 0 Å². The molecule has 0 spiro atoms. The zero-order chi connectivity index (χ0) is 12.3. The summed E-state index contributed by atoms with van der Waals surface area (Å²) in [5.41, 5.74) is 1.21. The second kappa shape index (κ2) is 5.27. The van der Waals surface area contributed by atoms with Crippen molar-refractivity contribution < 1.29 is 9.18 Å². The summed E-state index contributed by atoms with van der Waals surface area (Å²) in [5.74, 6) is -0.530. The minimum Gasteiger partial charge on any atom is -0.323 e. The number of hydrogen-bond acceptors (Lipinski definition) is 2. The van der Waals surface area contributed by atoms with Crippen LogP contribution in [0.5, 0.6) is 0 Å². The van der Waals surface area contributed by atoms with Gasteiger partial charge in [0.1, 0.15) is 5.82 Å². The van der Waals surface area contributed by atoms with Crippen molar-refractivity contribution in [2.75, 3.05) is 18.4 Å². The van der Waals surface area contributed by atoms with Gasteiger partial charge in [0.05, 0.1) is 11.6 Å². The van der Waals surface area contributed by atoms with Crippen molar-refractivity contribution in [3.8, 4) is 0 Å². The average Bonchev–Trinajstić information content (AvgIpc) is 2.35. The normalized spacial score (nSPS) is 20.0. The Labute approximate surface area is 100 Å². The lowest BCUT2D eigenvalue weighted by atomic mass is 9.98. The Morgan fingerprint density at radius 2 is 2.35 bits per heavy atom. The van der Waals surface area contributed by atoms with Gasteiger partial charge in [-0.1, -0.05) is 6.07 Å². The highest BCUT2D eigenvalue weighted by molar-refractivity contribution is 5.92. The number of benzene rings is 1. The zero-order valence-corrected chi connectivity index (χ0v) is 9.92. The van der Waals surface area contributed by atoms with Crippen LogP contribution >= 0.6 is 0 Å². The van der Waals surface area contributed by atoms with Crippen LogP contribution in [-0.4, -0.2) is 19.0 Å². The number of rotatable bonds is 2.